The van der Waals surface area contributed by atoms with Gasteiger partial charge in [-0.15, -0.1) is 0 Å². The first kappa shape index (κ1) is 13.5. The highest BCUT2D eigenvalue weighted by molar-refractivity contribution is 6.31. The quantitative estimate of drug-likeness (QED) is 0.734. The minimum absolute atomic E-state index is 0.0141. The summed E-state index contributed by atoms with van der Waals surface area (Å²) in [5, 5.41) is 3.64. The molecule has 1 atom stereocenters. The standard InChI is InChI=1S/C13H19ClFN/c1-3-4-5-9-12(16-2)13-10(14)7-6-8-11(13)15/h6-8,12,16H,3-5,9H2,1-2H3. The Morgan fingerprint density at radius 3 is 2.69 bits per heavy atom. The van der Waals surface area contributed by atoms with Gasteiger partial charge in [0.05, 0.1) is 0 Å². The summed E-state index contributed by atoms with van der Waals surface area (Å²) in [6.45, 7) is 2.16. The molecule has 3 heteroatoms. The summed E-state index contributed by atoms with van der Waals surface area (Å²) in [6.07, 6.45) is 4.35. The fourth-order valence-corrected chi connectivity index (χ4v) is 2.17. The lowest BCUT2D eigenvalue weighted by atomic mass is 10.00. The number of hydrogen-bond acceptors (Lipinski definition) is 1. The molecule has 0 fully saturated rings. The number of halogens is 2. The summed E-state index contributed by atoms with van der Waals surface area (Å²) in [5.74, 6) is -0.219. The van der Waals surface area contributed by atoms with Crippen molar-refractivity contribution in [3.8, 4) is 0 Å². The first-order valence-electron chi connectivity index (χ1n) is 5.81. The van der Waals surface area contributed by atoms with Gasteiger partial charge in [-0.3, -0.25) is 0 Å². The third-order valence-electron chi connectivity index (χ3n) is 2.79. The molecule has 0 aromatic heterocycles. The van der Waals surface area contributed by atoms with E-state index in [1.54, 1.807) is 12.1 Å². The number of hydrogen-bond donors (Lipinski definition) is 1. The van der Waals surface area contributed by atoms with Crippen molar-refractivity contribution in [2.45, 2.75) is 38.6 Å². The van der Waals surface area contributed by atoms with Crippen LogP contribution in [0.15, 0.2) is 18.2 Å². The maximum Gasteiger partial charge on any atom is 0.129 e. The van der Waals surface area contributed by atoms with E-state index in [1.807, 2.05) is 7.05 Å². The van der Waals surface area contributed by atoms with Gasteiger partial charge in [-0.05, 0) is 25.6 Å². The van der Waals surface area contributed by atoms with E-state index in [-0.39, 0.29) is 11.9 Å². The van der Waals surface area contributed by atoms with Crippen LogP contribution in [-0.4, -0.2) is 7.05 Å². The fraction of sp³-hybridized carbons (Fsp3) is 0.538. The molecule has 0 amide bonds. The van der Waals surface area contributed by atoms with E-state index in [0.717, 1.165) is 12.8 Å². The van der Waals surface area contributed by atoms with E-state index in [2.05, 4.69) is 12.2 Å². The SMILES string of the molecule is CCCCCC(NC)c1c(F)cccc1Cl. The van der Waals surface area contributed by atoms with Gasteiger partial charge in [0.15, 0.2) is 0 Å². The topological polar surface area (TPSA) is 12.0 Å². The summed E-state index contributed by atoms with van der Waals surface area (Å²) in [6, 6.07) is 4.86. The lowest BCUT2D eigenvalue weighted by Crippen LogP contribution is -2.18. The van der Waals surface area contributed by atoms with E-state index in [9.17, 15) is 4.39 Å². The highest BCUT2D eigenvalue weighted by atomic mass is 35.5. The van der Waals surface area contributed by atoms with Crippen LogP contribution in [0.4, 0.5) is 4.39 Å². The van der Waals surface area contributed by atoms with Crippen LogP contribution >= 0.6 is 11.6 Å². The van der Waals surface area contributed by atoms with Crippen LogP contribution in [0.3, 0.4) is 0 Å². The minimum atomic E-state index is -0.219. The second kappa shape index (κ2) is 6.87. The first-order valence-corrected chi connectivity index (χ1v) is 6.19. The summed E-state index contributed by atoms with van der Waals surface area (Å²) in [4.78, 5) is 0. The van der Waals surface area contributed by atoms with Crippen molar-refractivity contribution in [2.75, 3.05) is 7.05 Å². The second-order valence-corrected chi connectivity index (χ2v) is 4.38. The van der Waals surface area contributed by atoms with E-state index >= 15 is 0 Å². The van der Waals surface area contributed by atoms with Gasteiger partial charge in [0.25, 0.3) is 0 Å². The molecule has 0 aliphatic rings. The van der Waals surface area contributed by atoms with Crippen molar-refractivity contribution < 1.29 is 4.39 Å². The van der Waals surface area contributed by atoms with Gasteiger partial charge >= 0.3 is 0 Å². The third-order valence-corrected chi connectivity index (χ3v) is 3.12. The van der Waals surface area contributed by atoms with Gasteiger partial charge in [-0.25, -0.2) is 4.39 Å². The van der Waals surface area contributed by atoms with Crippen LogP contribution in [0.1, 0.15) is 44.2 Å². The fourth-order valence-electron chi connectivity index (χ4n) is 1.88. The molecular weight excluding hydrogens is 225 g/mol. The first-order chi connectivity index (χ1) is 7.70. The highest BCUT2D eigenvalue weighted by Crippen LogP contribution is 2.28. The maximum atomic E-state index is 13.7. The van der Waals surface area contributed by atoms with Gasteiger partial charge < -0.3 is 5.32 Å². The van der Waals surface area contributed by atoms with Crippen LogP contribution in [-0.2, 0) is 0 Å². The average molecular weight is 244 g/mol. The largest absolute Gasteiger partial charge is 0.313 e. The Hall–Kier alpha value is -0.600. The smallest absolute Gasteiger partial charge is 0.129 e. The molecule has 1 aromatic carbocycles. The van der Waals surface area contributed by atoms with E-state index in [4.69, 9.17) is 11.6 Å². The van der Waals surface area contributed by atoms with Gasteiger partial charge in [0.2, 0.25) is 0 Å². The zero-order chi connectivity index (χ0) is 12.0. The predicted molar refractivity (Wildman–Crippen MR) is 67.4 cm³/mol. The van der Waals surface area contributed by atoms with Crippen molar-refractivity contribution >= 4 is 11.6 Å². The number of rotatable bonds is 6. The summed E-state index contributed by atoms with van der Waals surface area (Å²) >= 11 is 6.04. The van der Waals surface area contributed by atoms with E-state index in [1.165, 1.54) is 18.9 Å². The molecule has 0 saturated heterocycles. The maximum absolute atomic E-state index is 13.7. The van der Waals surface area contributed by atoms with Gasteiger partial charge in [-0.2, -0.15) is 0 Å². The zero-order valence-corrected chi connectivity index (χ0v) is 10.6. The predicted octanol–water partition coefficient (Wildman–Crippen LogP) is 4.32. The molecule has 1 nitrogen and oxygen atoms in total. The van der Waals surface area contributed by atoms with Gasteiger partial charge in [0.1, 0.15) is 5.82 Å². The molecule has 90 valence electrons. The minimum Gasteiger partial charge on any atom is -0.313 e. The van der Waals surface area contributed by atoms with Gasteiger partial charge in [-0.1, -0.05) is 43.9 Å². The molecule has 0 aliphatic carbocycles. The van der Waals surface area contributed by atoms with Crippen LogP contribution < -0.4 is 5.32 Å². The van der Waals surface area contributed by atoms with Crippen molar-refractivity contribution in [1.82, 2.24) is 5.32 Å². The summed E-state index contributed by atoms with van der Waals surface area (Å²) in [5.41, 5.74) is 0.600. The Morgan fingerprint density at radius 2 is 2.12 bits per heavy atom. The average Bonchev–Trinajstić information content (AvgIpc) is 2.26. The Kier molecular flexibility index (Phi) is 5.78. The number of benzene rings is 1. The Bertz CT molecular complexity index is 307. The van der Waals surface area contributed by atoms with Crippen molar-refractivity contribution in [3.63, 3.8) is 0 Å². The molecule has 1 aromatic rings. The summed E-state index contributed by atoms with van der Waals surface area (Å²) in [7, 11) is 1.85. The van der Waals surface area contributed by atoms with Crippen LogP contribution in [0, 0.1) is 5.82 Å². The van der Waals surface area contributed by atoms with Crippen LogP contribution in [0.2, 0.25) is 5.02 Å². The molecule has 0 bridgehead atoms. The van der Waals surface area contributed by atoms with Crippen LogP contribution in [0.5, 0.6) is 0 Å². The normalized spacial score (nSPS) is 12.8. The summed E-state index contributed by atoms with van der Waals surface area (Å²) < 4.78 is 13.7. The monoisotopic (exact) mass is 243 g/mol. The molecule has 0 aliphatic heterocycles. The van der Waals surface area contributed by atoms with Crippen molar-refractivity contribution in [1.29, 1.82) is 0 Å². The van der Waals surface area contributed by atoms with Gasteiger partial charge in [0, 0.05) is 16.6 Å². The molecule has 0 spiro atoms. The van der Waals surface area contributed by atoms with Crippen LogP contribution in [0.25, 0.3) is 0 Å². The molecular formula is C13H19ClFN. The Labute approximate surface area is 102 Å². The van der Waals surface area contributed by atoms with Crippen molar-refractivity contribution in [2.24, 2.45) is 0 Å². The molecule has 0 heterocycles. The Balaban J connectivity index is 2.78. The second-order valence-electron chi connectivity index (χ2n) is 3.97. The number of nitrogens with one attached hydrogen (secondary N) is 1. The zero-order valence-electron chi connectivity index (χ0n) is 9.89. The molecule has 1 rings (SSSR count). The molecule has 1 N–H and O–H groups in total. The lowest BCUT2D eigenvalue weighted by molar-refractivity contribution is 0.485. The van der Waals surface area contributed by atoms with Crippen molar-refractivity contribution in [3.05, 3.63) is 34.6 Å². The molecule has 0 radical (unpaired) electrons. The number of unbranched alkanes of at least 4 members (excludes halogenated alkanes) is 2. The molecule has 1 unspecified atom stereocenters. The van der Waals surface area contributed by atoms with E-state index < -0.39 is 0 Å². The molecule has 16 heavy (non-hydrogen) atoms. The Morgan fingerprint density at radius 1 is 1.38 bits per heavy atom. The third kappa shape index (κ3) is 3.46. The highest BCUT2D eigenvalue weighted by Gasteiger charge is 2.16. The lowest BCUT2D eigenvalue weighted by Gasteiger charge is -2.18. The molecule has 0 saturated carbocycles. The van der Waals surface area contributed by atoms with E-state index in [0.29, 0.717) is 10.6 Å².